The van der Waals surface area contributed by atoms with Crippen LogP contribution < -0.4 is 19.6 Å². The van der Waals surface area contributed by atoms with Crippen molar-refractivity contribution in [2.24, 2.45) is 0 Å². The number of benzene rings is 2. The smallest absolute Gasteiger partial charge is 0.229 e. The molecule has 9 N–H and O–H groups in total. The number of phenols is 1. The first-order valence-corrected chi connectivity index (χ1v) is 13.4. The van der Waals surface area contributed by atoms with Gasteiger partial charge in [-0.15, -0.1) is 0 Å². The number of aliphatic hydroxyl groups excluding tert-OH is 8. The Hall–Kier alpha value is -3.55. The molecule has 2 saturated heterocycles. The van der Waals surface area contributed by atoms with E-state index in [2.05, 4.69) is 0 Å². The van der Waals surface area contributed by atoms with E-state index in [0.29, 0.717) is 5.56 Å². The predicted octanol–water partition coefficient (Wildman–Crippen LogP) is -2.47. The van der Waals surface area contributed by atoms with Gasteiger partial charge in [-0.3, -0.25) is 4.79 Å². The molecule has 1 aromatic heterocycles. The van der Waals surface area contributed by atoms with Gasteiger partial charge in [-0.25, -0.2) is 0 Å². The fourth-order valence-electron chi connectivity index (χ4n) is 4.96. The van der Waals surface area contributed by atoms with Crippen molar-refractivity contribution in [3.63, 3.8) is 0 Å². The fraction of sp³-hybridized carbons (Fsp3) is 0.464. The summed E-state index contributed by atoms with van der Waals surface area (Å²) in [6.45, 7) is -1.32. The first-order valence-electron chi connectivity index (χ1n) is 13.4. The van der Waals surface area contributed by atoms with Gasteiger partial charge in [0.15, 0.2) is 16.9 Å². The van der Waals surface area contributed by atoms with Crippen LogP contribution in [0.4, 0.5) is 0 Å². The number of hydrogen-bond acceptors (Lipinski definition) is 16. The van der Waals surface area contributed by atoms with Crippen LogP contribution >= 0.6 is 0 Å². The van der Waals surface area contributed by atoms with Gasteiger partial charge in [0, 0.05) is 23.8 Å². The topological polar surface area (TPSA) is 258 Å². The van der Waals surface area contributed by atoms with Crippen molar-refractivity contribution in [3.05, 3.63) is 46.6 Å². The molecule has 16 nitrogen and oxygen atoms in total. The van der Waals surface area contributed by atoms with E-state index in [-0.39, 0.29) is 34.0 Å². The number of fused-ring (bicyclic) bond motifs is 1. The zero-order valence-electron chi connectivity index (χ0n) is 23.0. The van der Waals surface area contributed by atoms with Crippen molar-refractivity contribution < 1.29 is 74.1 Å². The van der Waals surface area contributed by atoms with E-state index in [1.165, 1.54) is 31.4 Å². The summed E-state index contributed by atoms with van der Waals surface area (Å²) in [6, 6.07) is 7.71. The van der Waals surface area contributed by atoms with Crippen molar-refractivity contribution >= 4 is 11.0 Å². The molecule has 2 aromatic carbocycles. The fourth-order valence-corrected chi connectivity index (χ4v) is 4.96. The molecule has 0 spiro atoms. The second-order valence-corrected chi connectivity index (χ2v) is 10.3. The highest BCUT2D eigenvalue weighted by molar-refractivity contribution is 5.86. The second-order valence-electron chi connectivity index (χ2n) is 10.3. The molecule has 0 radical (unpaired) electrons. The number of phenolic OH excluding ortho intramolecular Hbond substituents is 1. The van der Waals surface area contributed by atoms with Crippen LogP contribution in [0.25, 0.3) is 22.3 Å². The maximum Gasteiger partial charge on any atom is 0.229 e. The van der Waals surface area contributed by atoms with Crippen LogP contribution in [0.3, 0.4) is 0 Å². The van der Waals surface area contributed by atoms with Crippen LogP contribution in [0.1, 0.15) is 0 Å². The average Bonchev–Trinajstić information content (AvgIpc) is 3.01. The lowest BCUT2D eigenvalue weighted by molar-refractivity contribution is -0.277. The van der Waals surface area contributed by atoms with Crippen LogP contribution in [0.5, 0.6) is 23.0 Å². The third-order valence-electron chi connectivity index (χ3n) is 7.42. The third kappa shape index (κ3) is 5.92. The Balaban J connectivity index is 1.43. The van der Waals surface area contributed by atoms with Gasteiger partial charge < -0.3 is 74.1 Å². The molecular weight excluding hydrogens is 592 g/mol. The molecule has 3 heterocycles. The summed E-state index contributed by atoms with van der Waals surface area (Å²) < 4.78 is 33.2. The molecule has 2 aliphatic rings. The molecule has 0 amide bonds. The normalized spacial score (nSPS) is 32.4. The zero-order chi connectivity index (χ0) is 31.9. The van der Waals surface area contributed by atoms with E-state index in [1.54, 1.807) is 0 Å². The molecule has 16 heteroatoms. The third-order valence-corrected chi connectivity index (χ3v) is 7.42. The average molecular weight is 625 g/mol. The van der Waals surface area contributed by atoms with E-state index in [0.717, 1.165) is 12.1 Å². The summed E-state index contributed by atoms with van der Waals surface area (Å²) in [5.74, 6) is -0.519. The minimum Gasteiger partial charge on any atom is -0.507 e. The lowest BCUT2D eigenvalue weighted by atomic mass is 9.99. The Labute approximate surface area is 248 Å². The van der Waals surface area contributed by atoms with Crippen LogP contribution in [0.2, 0.25) is 0 Å². The highest BCUT2D eigenvalue weighted by atomic mass is 16.7. The standard InChI is InChI=1S/C28H32O16/c1-39-16-4-10(2-3-14(16)42-28-26(38)24(36)22(34)19(9-30)44-28)15-7-13(32)20-12(31)5-11(6-17(20)41-15)40-27-25(37)23(35)21(33)18(8-29)43-27/h2-7,18-19,21-31,33-38H,8-9H2,1H3. The molecule has 0 aliphatic carbocycles. The number of hydrogen-bond donors (Lipinski definition) is 9. The summed E-state index contributed by atoms with van der Waals surface area (Å²) in [4.78, 5) is 13.0. The van der Waals surface area contributed by atoms with Gasteiger partial charge in [-0.05, 0) is 18.2 Å². The van der Waals surface area contributed by atoms with E-state index in [9.17, 15) is 50.8 Å². The Morgan fingerprint density at radius 1 is 0.727 bits per heavy atom. The summed E-state index contributed by atoms with van der Waals surface area (Å²) in [5.41, 5.74) is -0.451. The maximum absolute atomic E-state index is 13.0. The van der Waals surface area contributed by atoms with E-state index in [1.807, 2.05) is 0 Å². The summed E-state index contributed by atoms with van der Waals surface area (Å²) in [5, 5.41) is 89.8. The minimum absolute atomic E-state index is 0.0181. The molecule has 3 aromatic rings. The largest absolute Gasteiger partial charge is 0.507 e. The lowest BCUT2D eigenvalue weighted by Gasteiger charge is -2.39. The van der Waals surface area contributed by atoms with Crippen molar-refractivity contribution in [2.75, 3.05) is 20.3 Å². The van der Waals surface area contributed by atoms with Crippen LogP contribution in [0, 0.1) is 0 Å². The number of aromatic hydroxyl groups is 1. The highest BCUT2D eigenvalue weighted by Gasteiger charge is 2.46. The minimum atomic E-state index is -1.72. The van der Waals surface area contributed by atoms with Gasteiger partial charge in [-0.2, -0.15) is 0 Å². The quantitative estimate of drug-likeness (QED) is 0.126. The van der Waals surface area contributed by atoms with Gasteiger partial charge in [0.2, 0.25) is 12.6 Å². The predicted molar refractivity (Wildman–Crippen MR) is 145 cm³/mol. The Morgan fingerprint density at radius 3 is 1.89 bits per heavy atom. The van der Waals surface area contributed by atoms with Gasteiger partial charge in [-0.1, -0.05) is 0 Å². The molecule has 5 rings (SSSR count). The molecule has 2 aliphatic heterocycles. The van der Waals surface area contributed by atoms with Crippen LogP contribution in [-0.4, -0.2) is 128 Å². The summed E-state index contributed by atoms with van der Waals surface area (Å²) in [7, 11) is 1.32. The van der Waals surface area contributed by atoms with Crippen LogP contribution in [0.15, 0.2) is 45.6 Å². The van der Waals surface area contributed by atoms with Crippen molar-refractivity contribution in [3.8, 4) is 34.3 Å². The monoisotopic (exact) mass is 624 g/mol. The van der Waals surface area contributed by atoms with E-state index < -0.39 is 85.8 Å². The Bertz CT molecular complexity index is 1520. The summed E-state index contributed by atoms with van der Waals surface area (Å²) >= 11 is 0. The van der Waals surface area contributed by atoms with Crippen LogP contribution in [-0.2, 0) is 9.47 Å². The second kappa shape index (κ2) is 12.8. The van der Waals surface area contributed by atoms with Gasteiger partial charge in [0.25, 0.3) is 0 Å². The molecule has 0 saturated carbocycles. The molecule has 240 valence electrons. The highest BCUT2D eigenvalue weighted by Crippen LogP contribution is 2.37. The summed E-state index contributed by atoms with van der Waals surface area (Å²) in [6.07, 6.45) is -15.4. The van der Waals surface area contributed by atoms with E-state index in [4.69, 9.17) is 28.1 Å². The van der Waals surface area contributed by atoms with Crippen molar-refractivity contribution in [2.45, 2.75) is 61.4 Å². The number of ether oxygens (including phenoxy) is 5. The first kappa shape index (κ1) is 31.9. The number of aliphatic hydroxyl groups is 8. The number of rotatable bonds is 8. The molecule has 2 fully saturated rings. The molecule has 10 atom stereocenters. The molecule has 44 heavy (non-hydrogen) atoms. The van der Waals surface area contributed by atoms with Gasteiger partial charge in [0.1, 0.15) is 77.1 Å². The van der Waals surface area contributed by atoms with Crippen molar-refractivity contribution in [1.29, 1.82) is 0 Å². The van der Waals surface area contributed by atoms with Crippen molar-refractivity contribution in [1.82, 2.24) is 0 Å². The molecular formula is C28H32O16. The SMILES string of the molecule is COc1cc(-c2cc(=O)c3c(O)cc(OC4OC(CO)C(O)C(O)C4O)cc3o2)ccc1OC1OC(CO)C(O)C(O)C1O. The molecule has 0 bridgehead atoms. The molecule has 10 unspecified atom stereocenters. The maximum atomic E-state index is 13.0. The Kier molecular flexibility index (Phi) is 9.28. The number of methoxy groups -OCH3 is 1. The Morgan fingerprint density at radius 2 is 1.32 bits per heavy atom. The van der Waals surface area contributed by atoms with E-state index >= 15 is 0 Å². The first-order chi connectivity index (χ1) is 21.0. The van der Waals surface area contributed by atoms with Gasteiger partial charge >= 0.3 is 0 Å². The van der Waals surface area contributed by atoms with Gasteiger partial charge in [0.05, 0.1) is 20.3 Å². The lowest BCUT2D eigenvalue weighted by Crippen LogP contribution is -2.60. The zero-order valence-corrected chi connectivity index (χ0v) is 23.0.